The molecule has 2 heterocycles. The maximum Gasteiger partial charge on any atom is 0.192 e. The van der Waals surface area contributed by atoms with Crippen molar-refractivity contribution in [3.63, 3.8) is 0 Å². The number of aryl methyl sites for hydroxylation is 1. The largest absolute Gasteiger partial charge is 0.354 e. The van der Waals surface area contributed by atoms with Crippen LogP contribution in [0.4, 0.5) is 0 Å². The lowest BCUT2D eigenvalue weighted by molar-refractivity contribution is 0.119. The molecular weight excluding hydrogens is 489 g/mol. The Labute approximate surface area is 198 Å². The average Bonchev–Trinajstić information content (AvgIpc) is 3.38. The van der Waals surface area contributed by atoms with Crippen molar-refractivity contribution in [2.75, 3.05) is 13.1 Å². The summed E-state index contributed by atoms with van der Waals surface area (Å²) >= 11 is 0. The Bertz CT molecular complexity index is 669. The zero-order valence-corrected chi connectivity index (χ0v) is 21.1. The molecule has 0 spiro atoms. The van der Waals surface area contributed by atoms with E-state index in [0.717, 1.165) is 23.7 Å². The van der Waals surface area contributed by atoms with Crippen LogP contribution in [-0.2, 0) is 13.6 Å². The highest BCUT2D eigenvalue weighted by Gasteiger charge is 2.27. The lowest BCUT2D eigenvalue weighted by Gasteiger charge is -2.39. The Morgan fingerprint density at radius 2 is 1.50 bits per heavy atom. The summed E-state index contributed by atoms with van der Waals surface area (Å²) in [6.07, 6.45) is 14.7. The van der Waals surface area contributed by atoms with Crippen LogP contribution in [0.5, 0.6) is 0 Å². The third-order valence-electron chi connectivity index (χ3n) is 7.22. The van der Waals surface area contributed by atoms with Gasteiger partial charge in [-0.1, -0.05) is 32.1 Å². The van der Waals surface area contributed by atoms with Gasteiger partial charge in [0.1, 0.15) is 12.4 Å². The molecular formula is C22H40IN7. The lowest BCUT2D eigenvalue weighted by Crippen LogP contribution is -2.52. The molecule has 1 aromatic rings. The van der Waals surface area contributed by atoms with Gasteiger partial charge in [0.2, 0.25) is 0 Å². The van der Waals surface area contributed by atoms with Gasteiger partial charge in [0.05, 0.1) is 0 Å². The van der Waals surface area contributed by atoms with E-state index in [1.807, 2.05) is 18.5 Å². The van der Waals surface area contributed by atoms with Gasteiger partial charge in [-0.25, -0.2) is 4.99 Å². The van der Waals surface area contributed by atoms with Crippen LogP contribution in [0.1, 0.15) is 82.3 Å². The maximum atomic E-state index is 4.89. The predicted octanol–water partition coefficient (Wildman–Crippen LogP) is 3.52. The molecule has 0 unspecified atom stereocenters. The van der Waals surface area contributed by atoms with Gasteiger partial charge >= 0.3 is 0 Å². The molecule has 170 valence electrons. The first kappa shape index (κ1) is 23.8. The van der Waals surface area contributed by atoms with Gasteiger partial charge in [-0.3, -0.25) is 0 Å². The van der Waals surface area contributed by atoms with E-state index in [4.69, 9.17) is 4.99 Å². The van der Waals surface area contributed by atoms with Crippen LogP contribution < -0.4 is 10.6 Å². The monoisotopic (exact) mass is 529 g/mol. The van der Waals surface area contributed by atoms with Crippen molar-refractivity contribution in [1.29, 1.82) is 0 Å². The van der Waals surface area contributed by atoms with Gasteiger partial charge in [0.25, 0.3) is 0 Å². The Balaban J connectivity index is 0.00000256. The predicted molar refractivity (Wildman–Crippen MR) is 132 cm³/mol. The van der Waals surface area contributed by atoms with E-state index in [-0.39, 0.29) is 24.0 Å². The minimum Gasteiger partial charge on any atom is -0.354 e. The fraction of sp³-hybridized carbons (Fsp3) is 0.864. The molecule has 2 N–H and O–H groups in total. The van der Waals surface area contributed by atoms with Crippen LogP contribution in [0.3, 0.4) is 0 Å². The van der Waals surface area contributed by atoms with Crippen molar-refractivity contribution in [1.82, 2.24) is 30.3 Å². The van der Waals surface area contributed by atoms with Crippen molar-refractivity contribution >= 4 is 29.9 Å². The molecule has 0 radical (unpaired) electrons. The number of rotatable bonds is 5. The van der Waals surface area contributed by atoms with E-state index in [1.54, 1.807) is 0 Å². The number of likely N-dealkylation sites (tertiary alicyclic amines) is 1. The molecule has 0 amide bonds. The lowest BCUT2D eigenvalue weighted by atomic mass is 9.92. The SMILES string of the molecule is Cc1nnc(CN=C(NC2CCCC2)NC2CCN(C3CCCCC3)CC2)n1C.I. The standard InChI is InChI=1S/C22H39N7.HI/c1-17-26-27-21(28(17)2)16-23-22(24-18-8-6-7-9-18)25-19-12-14-29(15-13-19)20-10-4-3-5-11-20;/h18-20H,3-16H2,1-2H3,(H2,23,24,25);1H. The minimum absolute atomic E-state index is 0. The fourth-order valence-corrected chi connectivity index (χ4v) is 5.18. The molecule has 1 saturated heterocycles. The van der Waals surface area contributed by atoms with Crippen molar-refractivity contribution in [3.8, 4) is 0 Å². The minimum atomic E-state index is 0. The van der Waals surface area contributed by atoms with Crippen LogP contribution in [-0.4, -0.2) is 56.8 Å². The van der Waals surface area contributed by atoms with E-state index < -0.39 is 0 Å². The van der Waals surface area contributed by atoms with Crippen LogP contribution in [0.25, 0.3) is 0 Å². The Morgan fingerprint density at radius 3 is 2.10 bits per heavy atom. The summed E-state index contributed by atoms with van der Waals surface area (Å²) < 4.78 is 2.03. The molecule has 0 atom stereocenters. The summed E-state index contributed by atoms with van der Waals surface area (Å²) in [4.78, 5) is 7.64. The number of aromatic nitrogens is 3. The third kappa shape index (κ3) is 6.31. The van der Waals surface area contributed by atoms with Crippen molar-refractivity contribution < 1.29 is 0 Å². The van der Waals surface area contributed by atoms with Crippen LogP contribution in [0.15, 0.2) is 4.99 Å². The zero-order chi connectivity index (χ0) is 20.1. The van der Waals surface area contributed by atoms with E-state index >= 15 is 0 Å². The highest BCUT2D eigenvalue weighted by Crippen LogP contribution is 2.25. The van der Waals surface area contributed by atoms with Crippen LogP contribution >= 0.6 is 24.0 Å². The summed E-state index contributed by atoms with van der Waals surface area (Å²) in [6, 6.07) is 1.92. The number of nitrogens with one attached hydrogen (secondary N) is 2. The highest BCUT2D eigenvalue weighted by molar-refractivity contribution is 14.0. The van der Waals surface area contributed by atoms with Crippen molar-refractivity contribution in [2.24, 2.45) is 12.0 Å². The molecule has 3 fully saturated rings. The molecule has 1 aliphatic heterocycles. The number of nitrogens with zero attached hydrogens (tertiary/aromatic N) is 5. The maximum absolute atomic E-state index is 4.89. The average molecular weight is 530 g/mol. The quantitative estimate of drug-likeness (QED) is 0.347. The molecule has 2 saturated carbocycles. The molecule has 0 aromatic carbocycles. The number of guanidine groups is 1. The second-order valence-corrected chi connectivity index (χ2v) is 9.26. The molecule has 0 bridgehead atoms. The van der Waals surface area contributed by atoms with Gasteiger partial charge in [-0.2, -0.15) is 0 Å². The van der Waals surface area contributed by atoms with Crippen LogP contribution in [0, 0.1) is 6.92 Å². The zero-order valence-electron chi connectivity index (χ0n) is 18.8. The van der Waals surface area contributed by atoms with Gasteiger partial charge in [-0.15, -0.1) is 34.2 Å². The topological polar surface area (TPSA) is 70.4 Å². The molecule has 2 aliphatic carbocycles. The van der Waals surface area contributed by atoms with Crippen molar-refractivity contribution in [2.45, 2.75) is 102 Å². The Morgan fingerprint density at radius 1 is 0.900 bits per heavy atom. The first-order valence-corrected chi connectivity index (χ1v) is 11.9. The Kier molecular flexibility index (Phi) is 9.22. The first-order valence-electron chi connectivity index (χ1n) is 11.9. The van der Waals surface area contributed by atoms with E-state index in [0.29, 0.717) is 18.6 Å². The highest BCUT2D eigenvalue weighted by atomic mass is 127. The normalized spacial score (nSPS) is 22.8. The third-order valence-corrected chi connectivity index (χ3v) is 7.22. The Hall–Kier alpha value is -0.900. The molecule has 3 aliphatic rings. The van der Waals surface area contributed by atoms with Crippen LogP contribution in [0.2, 0.25) is 0 Å². The molecule has 7 nitrogen and oxygen atoms in total. The number of hydrogen-bond donors (Lipinski definition) is 2. The van der Waals surface area contributed by atoms with Crippen molar-refractivity contribution in [3.05, 3.63) is 11.6 Å². The second-order valence-electron chi connectivity index (χ2n) is 9.26. The molecule has 8 heteroatoms. The van der Waals surface area contributed by atoms with Gasteiger partial charge in [-0.05, 0) is 45.4 Å². The summed E-state index contributed by atoms with van der Waals surface area (Å²) in [5.41, 5.74) is 0. The second kappa shape index (κ2) is 11.6. The summed E-state index contributed by atoms with van der Waals surface area (Å²) in [5.74, 6) is 2.82. The fourth-order valence-electron chi connectivity index (χ4n) is 5.18. The summed E-state index contributed by atoms with van der Waals surface area (Å²) in [5, 5.41) is 15.9. The van der Waals surface area contributed by atoms with E-state index in [9.17, 15) is 0 Å². The number of piperidine rings is 1. The number of hydrogen-bond acceptors (Lipinski definition) is 4. The van der Waals surface area contributed by atoms with Gasteiger partial charge < -0.3 is 20.1 Å². The smallest absolute Gasteiger partial charge is 0.192 e. The number of halogens is 1. The molecule has 1 aromatic heterocycles. The summed E-state index contributed by atoms with van der Waals surface area (Å²) in [6.45, 7) is 5.00. The first-order chi connectivity index (χ1) is 14.2. The van der Waals surface area contributed by atoms with Gasteiger partial charge in [0.15, 0.2) is 11.8 Å². The number of aliphatic imine (C=N–C) groups is 1. The summed E-state index contributed by atoms with van der Waals surface area (Å²) in [7, 11) is 2.01. The van der Waals surface area contributed by atoms with E-state index in [1.165, 1.54) is 83.7 Å². The van der Waals surface area contributed by atoms with Gasteiger partial charge in [0, 0.05) is 38.3 Å². The molecule has 30 heavy (non-hydrogen) atoms. The van der Waals surface area contributed by atoms with E-state index in [2.05, 4.69) is 25.7 Å². The molecule has 4 rings (SSSR count).